The maximum atomic E-state index is 4.31. The van der Waals surface area contributed by atoms with Crippen LogP contribution in [0.5, 0.6) is 0 Å². The van der Waals surface area contributed by atoms with Crippen LogP contribution in [-0.4, -0.2) is 16.0 Å². The van der Waals surface area contributed by atoms with E-state index in [0.717, 1.165) is 24.6 Å². The molecule has 0 amide bonds. The number of nitrogens with zero attached hydrogens (tertiary/aromatic N) is 2. The van der Waals surface area contributed by atoms with Crippen LogP contribution in [-0.2, 0) is 13.1 Å². The molecule has 0 radical (unpaired) electrons. The van der Waals surface area contributed by atoms with Gasteiger partial charge in [0.2, 0.25) is 0 Å². The number of aromatic nitrogens is 2. The average molecular weight is 190 g/mol. The summed E-state index contributed by atoms with van der Waals surface area (Å²) in [5.74, 6) is 1.05. The second kappa shape index (κ2) is 3.20. The van der Waals surface area contributed by atoms with Gasteiger partial charge >= 0.3 is 0 Å². The van der Waals surface area contributed by atoms with Crippen LogP contribution < -0.4 is 10.6 Å². The van der Waals surface area contributed by atoms with E-state index in [9.17, 15) is 0 Å². The third-order valence-corrected chi connectivity index (χ3v) is 3.07. The van der Waals surface area contributed by atoms with E-state index in [1.165, 1.54) is 24.8 Å². The molecule has 1 aliphatic heterocycles. The van der Waals surface area contributed by atoms with Crippen molar-refractivity contribution in [2.45, 2.75) is 38.4 Å². The van der Waals surface area contributed by atoms with E-state index in [4.69, 9.17) is 0 Å². The van der Waals surface area contributed by atoms with E-state index >= 15 is 0 Å². The van der Waals surface area contributed by atoms with E-state index < -0.39 is 0 Å². The summed E-state index contributed by atoms with van der Waals surface area (Å²) in [6.07, 6.45) is 5.58. The monoisotopic (exact) mass is 190 g/mol. The fourth-order valence-electron chi connectivity index (χ4n) is 1.96. The van der Waals surface area contributed by atoms with Crippen LogP contribution in [0, 0.1) is 0 Å². The van der Waals surface area contributed by atoms with Crippen LogP contribution >= 0.6 is 0 Å². The highest BCUT2D eigenvalue weighted by molar-refractivity contribution is 5.48. The Bertz CT molecular complexity index is 346. The topological polar surface area (TPSA) is 49.8 Å². The summed E-state index contributed by atoms with van der Waals surface area (Å²) in [5.41, 5.74) is 2.42. The fourth-order valence-corrected chi connectivity index (χ4v) is 1.96. The maximum absolute atomic E-state index is 4.31. The zero-order chi connectivity index (χ0) is 9.38. The van der Waals surface area contributed by atoms with E-state index in [1.807, 2.05) is 0 Å². The van der Waals surface area contributed by atoms with Gasteiger partial charge in [-0.05, 0) is 19.3 Å². The van der Waals surface area contributed by atoms with Gasteiger partial charge in [-0.1, -0.05) is 0 Å². The van der Waals surface area contributed by atoms with Crippen LogP contribution in [0.25, 0.3) is 0 Å². The summed E-state index contributed by atoms with van der Waals surface area (Å²) < 4.78 is 0. The third-order valence-electron chi connectivity index (χ3n) is 3.07. The van der Waals surface area contributed by atoms with Gasteiger partial charge in [0, 0.05) is 24.7 Å². The van der Waals surface area contributed by atoms with Crippen LogP contribution in [0.3, 0.4) is 0 Å². The Labute approximate surface area is 83.1 Å². The predicted octanol–water partition coefficient (Wildman–Crippen LogP) is 1.04. The largest absolute Gasteiger partial charge is 0.367 e. The molecule has 2 N–H and O–H groups in total. The second-order valence-corrected chi connectivity index (χ2v) is 4.02. The number of nitrogens with one attached hydrogen (secondary N) is 2. The summed E-state index contributed by atoms with van der Waals surface area (Å²) in [7, 11) is 0. The van der Waals surface area contributed by atoms with Crippen molar-refractivity contribution in [2.24, 2.45) is 0 Å². The molecule has 0 spiro atoms. The van der Waals surface area contributed by atoms with Crippen molar-refractivity contribution in [3.8, 4) is 0 Å². The first-order valence-corrected chi connectivity index (χ1v) is 5.23. The molecule has 14 heavy (non-hydrogen) atoms. The van der Waals surface area contributed by atoms with Gasteiger partial charge in [0.1, 0.15) is 12.1 Å². The van der Waals surface area contributed by atoms with Crippen molar-refractivity contribution in [3.05, 3.63) is 17.6 Å². The van der Waals surface area contributed by atoms with Gasteiger partial charge in [0.05, 0.1) is 5.69 Å². The minimum atomic E-state index is 0.648. The quantitative estimate of drug-likeness (QED) is 0.731. The van der Waals surface area contributed by atoms with E-state index in [-0.39, 0.29) is 0 Å². The van der Waals surface area contributed by atoms with Crippen molar-refractivity contribution >= 4 is 5.82 Å². The number of rotatable bonds is 2. The van der Waals surface area contributed by atoms with Crippen molar-refractivity contribution in [1.29, 1.82) is 0 Å². The molecular formula is C10H14N4. The summed E-state index contributed by atoms with van der Waals surface area (Å²) in [4.78, 5) is 8.57. The Kier molecular flexibility index (Phi) is 1.87. The normalized spacial score (nSPS) is 20.3. The Balaban J connectivity index is 1.85. The Morgan fingerprint density at radius 2 is 2.21 bits per heavy atom. The van der Waals surface area contributed by atoms with Crippen LogP contribution in [0.1, 0.15) is 30.5 Å². The number of anilines is 1. The Hall–Kier alpha value is -1.16. The minimum Gasteiger partial charge on any atom is -0.367 e. The summed E-state index contributed by atoms with van der Waals surface area (Å²) in [5, 5.41) is 6.78. The molecule has 3 rings (SSSR count). The Morgan fingerprint density at radius 1 is 1.29 bits per heavy atom. The summed E-state index contributed by atoms with van der Waals surface area (Å²) >= 11 is 0. The number of hydrogen-bond donors (Lipinski definition) is 2. The highest BCUT2D eigenvalue weighted by Crippen LogP contribution is 2.26. The van der Waals surface area contributed by atoms with Crippen LogP contribution in [0.4, 0.5) is 5.82 Å². The average Bonchev–Trinajstić information content (AvgIpc) is 2.59. The number of fused-ring (bicyclic) bond motifs is 1. The molecule has 4 heteroatoms. The van der Waals surface area contributed by atoms with E-state index in [0.29, 0.717) is 6.04 Å². The molecule has 1 fully saturated rings. The summed E-state index contributed by atoms with van der Waals surface area (Å²) in [6.45, 7) is 1.79. The van der Waals surface area contributed by atoms with Crippen molar-refractivity contribution in [3.63, 3.8) is 0 Å². The molecule has 2 aliphatic rings. The maximum Gasteiger partial charge on any atom is 0.134 e. The van der Waals surface area contributed by atoms with Crippen molar-refractivity contribution < 1.29 is 0 Å². The molecule has 4 nitrogen and oxygen atoms in total. The zero-order valence-corrected chi connectivity index (χ0v) is 8.08. The predicted molar refractivity (Wildman–Crippen MR) is 53.8 cm³/mol. The summed E-state index contributed by atoms with van der Waals surface area (Å²) in [6, 6.07) is 0.648. The van der Waals surface area contributed by atoms with Gasteiger partial charge in [-0.25, -0.2) is 9.97 Å². The molecule has 0 atom stereocenters. The molecule has 2 heterocycles. The van der Waals surface area contributed by atoms with Gasteiger partial charge < -0.3 is 10.6 Å². The standard InChI is InChI=1S/C10H14N4/c1-2-7(3-1)14-10-8-4-11-5-9(8)12-6-13-10/h6-7,11H,1-5H2,(H,12,13,14). The van der Waals surface area contributed by atoms with E-state index in [1.54, 1.807) is 6.33 Å². The highest BCUT2D eigenvalue weighted by atomic mass is 15.1. The lowest BCUT2D eigenvalue weighted by Crippen LogP contribution is -2.28. The molecule has 0 bridgehead atoms. The second-order valence-electron chi connectivity index (χ2n) is 4.02. The lowest BCUT2D eigenvalue weighted by atomic mass is 9.93. The first-order chi connectivity index (χ1) is 6.93. The third kappa shape index (κ3) is 1.26. The van der Waals surface area contributed by atoms with Gasteiger partial charge in [0.25, 0.3) is 0 Å². The minimum absolute atomic E-state index is 0.648. The fraction of sp³-hybridized carbons (Fsp3) is 0.600. The van der Waals surface area contributed by atoms with Crippen LogP contribution in [0.2, 0.25) is 0 Å². The van der Waals surface area contributed by atoms with Gasteiger partial charge in [-0.15, -0.1) is 0 Å². The van der Waals surface area contributed by atoms with Gasteiger partial charge in [-0.2, -0.15) is 0 Å². The zero-order valence-electron chi connectivity index (χ0n) is 8.08. The molecule has 1 saturated carbocycles. The molecule has 1 aromatic rings. The molecule has 1 aromatic heterocycles. The smallest absolute Gasteiger partial charge is 0.134 e. The van der Waals surface area contributed by atoms with Crippen molar-refractivity contribution in [1.82, 2.24) is 15.3 Å². The molecule has 0 aromatic carbocycles. The molecule has 74 valence electrons. The Morgan fingerprint density at radius 3 is 3.00 bits per heavy atom. The molecule has 0 unspecified atom stereocenters. The first-order valence-electron chi connectivity index (χ1n) is 5.23. The SMILES string of the molecule is c1nc2c(c(NC3CCC3)n1)CNC2. The first kappa shape index (κ1) is 8.17. The van der Waals surface area contributed by atoms with Gasteiger partial charge in [0.15, 0.2) is 0 Å². The molecular weight excluding hydrogens is 176 g/mol. The van der Waals surface area contributed by atoms with Crippen molar-refractivity contribution in [2.75, 3.05) is 5.32 Å². The van der Waals surface area contributed by atoms with Crippen LogP contribution in [0.15, 0.2) is 6.33 Å². The number of hydrogen-bond acceptors (Lipinski definition) is 4. The highest BCUT2D eigenvalue weighted by Gasteiger charge is 2.21. The molecule has 0 saturated heterocycles. The molecule has 1 aliphatic carbocycles. The lowest BCUT2D eigenvalue weighted by molar-refractivity contribution is 0.444. The van der Waals surface area contributed by atoms with E-state index in [2.05, 4.69) is 20.6 Å². The lowest BCUT2D eigenvalue weighted by Gasteiger charge is -2.27. The van der Waals surface area contributed by atoms with Gasteiger partial charge in [-0.3, -0.25) is 0 Å².